The Kier molecular flexibility index (Phi) is 5.48. The van der Waals surface area contributed by atoms with Gasteiger partial charge in [0.1, 0.15) is 6.54 Å². The summed E-state index contributed by atoms with van der Waals surface area (Å²) in [5.41, 5.74) is 15.0. The Morgan fingerprint density at radius 1 is 1.18 bits per heavy atom. The number of rotatable bonds is 6. The van der Waals surface area contributed by atoms with Crippen LogP contribution in [0.1, 0.15) is 24.5 Å². The molecule has 0 unspecified atom stereocenters. The molecule has 1 fully saturated rings. The van der Waals surface area contributed by atoms with Gasteiger partial charge >= 0.3 is 0 Å². The Hall–Kier alpha value is -4.19. The summed E-state index contributed by atoms with van der Waals surface area (Å²) in [6, 6.07) is 9.06. The van der Waals surface area contributed by atoms with Crippen molar-refractivity contribution in [1.29, 1.82) is 0 Å². The fourth-order valence-corrected chi connectivity index (χ4v) is 3.82. The first kappa shape index (κ1) is 20.7. The lowest BCUT2D eigenvalue weighted by molar-refractivity contribution is -0.116. The summed E-state index contributed by atoms with van der Waals surface area (Å²) in [7, 11) is 0. The minimum atomic E-state index is -0.260. The van der Waals surface area contributed by atoms with Gasteiger partial charge in [0.15, 0.2) is 22.8 Å². The van der Waals surface area contributed by atoms with Crippen LogP contribution < -0.4 is 22.1 Å². The van der Waals surface area contributed by atoms with Crippen molar-refractivity contribution in [2.45, 2.75) is 25.3 Å². The molecular formula is C21H24N10O2. The van der Waals surface area contributed by atoms with Gasteiger partial charge in [-0.1, -0.05) is 0 Å². The Bertz CT molecular complexity index is 1270. The van der Waals surface area contributed by atoms with Crippen molar-refractivity contribution in [3.8, 4) is 0 Å². The van der Waals surface area contributed by atoms with Crippen LogP contribution in [-0.2, 0) is 16.1 Å². The number of fused-ring (bicyclic) bond motifs is 1. The molecule has 1 aliphatic heterocycles. The van der Waals surface area contributed by atoms with Gasteiger partial charge < -0.3 is 31.4 Å². The molecular weight excluding hydrogens is 424 g/mol. The third kappa shape index (κ3) is 4.55. The highest BCUT2D eigenvalue weighted by Gasteiger charge is 2.19. The number of anilines is 5. The molecule has 1 aromatic carbocycles. The number of nitrogens with one attached hydrogen (secondary N) is 3. The molecule has 0 bridgehead atoms. The van der Waals surface area contributed by atoms with Gasteiger partial charge in [0.05, 0.1) is 6.33 Å². The Morgan fingerprint density at radius 2 is 1.97 bits per heavy atom. The molecule has 33 heavy (non-hydrogen) atoms. The van der Waals surface area contributed by atoms with Crippen LogP contribution >= 0.6 is 0 Å². The summed E-state index contributed by atoms with van der Waals surface area (Å²) < 4.78 is 7.01. The van der Waals surface area contributed by atoms with Gasteiger partial charge in [-0.15, -0.1) is 0 Å². The first-order valence-electron chi connectivity index (χ1n) is 10.6. The summed E-state index contributed by atoms with van der Waals surface area (Å²) >= 11 is 0. The van der Waals surface area contributed by atoms with Crippen LogP contribution in [0.3, 0.4) is 0 Å². The van der Waals surface area contributed by atoms with Gasteiger partial charge in [0, 0.05) is 42.3 Å². The summed E-state index contributed by atoms with van der Waals surface area (Å²) in [4.78, 5) is 25.6. The molecule has 0 saturated carbocycles. The highest BCUT2D eigenvalue weighted by atomic mass is 16.5. The molecule has 0 aliphatic carbocycles. The van der Waals surface area contributed by atoms with E-state index in [2.05, 4.69) is 35.8 Å². The number of carbonyl (C=O) groups excluding carboxylic acids is 1. The highest BCUT2D eigenvalue weighted by molar-refractivity contribution is 5.92. The number of aromatic nitrogens is 6. The van der Waals surface area contributed by atoms with E-state index in [0.29, 0.717) is 34.4 Å². The molecule has 4 aromatic rings. The second-order valence-corrected chi connectivity index (χ2v) is 7.87. The largest absolute Gasteiger partial charge is 0.399 e. The maximum Gasteiger partial charge on any atom is 0.245 e. The first-order chi connectivity index (χ1) is 16.0. The fourth-order valence-electron chi connectivity index (χ4n) is 3.82. The molecule has 12 heteroatoms. The summed E-state index contributed by atoms with van der Waals surface area (Å²) in [5, 5.41) is 13.2. The molecule has 7 N–H and O–H groups in total. The van der Waals surface area contributed by atoms with E-state index >= 15 is 0 Å². The molecule has 3 aromatic heterocycles. The number of hydrogen-bond acceptors (Lipinski definition) is 9. The Morgan fingerprint density at radius 3 is 2.76 bits per heavy atom. The van der Waals surface area contributed by atoms with Crippen molar-refractivity contribution >= 4 is 46.0 Å². The fraction of sp³-hybridized carbons (Fsp3) is 0.286. The monoisotopic (exact) mass is 448 g/mol. The molecule has 4 heterocycles. The van der Waals surface area contributed by atoms with Gasteiger partial charge in [-0.25, -0.2) is 4.98 Å². The predicted octanol–water partition coefficient (Wildman–Crippen LogP) is 1.99. The van der Waals surface area contributed by atoms with Crippen molar-refractivity contribution in [2.24, 2.45) is 0 Å². The van der Waals surface area contributed by atoms with Gasteiger partial charge in [-0.05, 0) is 37.1 Å². The van der Waals surface area contributed by atoms with E-state index in [9.17, 15) is 4.79 Å². The molecule has 1 amide bonds. The van der Waals surface area contributed by atoms with Gasteiger partial charge in [-0.3, -0.25) is 9.89 Å². The second-order valence-electron chi connectivity index (χ2n) is 7.87. The molecule has 0 atom stereocenters. The standard InChI is InChI=1S/C21H24N10O2/c22-13-1-3-14(4-2-13)25-19-18-20(28-21(23)27-19)31(11-24-18)10-17(32)26-16-9-15(29-30-16)12-5-7-33-8-6-12/h1-4,9,11-12H,5-8,10,22H2,(H3,23,25,27,28)(H2,26,29,30,32). The van der Waals surface area contributed by atoms with E-state index < -0.39 is 0 Å². The summed E-state index contributed by atoms with van der Waals surface area (Å²) in [6.45, 7) is 1.46. The maximum absolute atomic E-state index is 12.7. The number of nitrogens with zero attached hydrogens (tertiary/aromatic N) is 5. The van der Waals surface area contributed by atoms with Crippen LogP contribution in [0, 0.1) is 0 Å². The van der Waals surface area contributed by atoms with Crippen LogP contribution in [0.25, 0.3) is 11.2 Å². The van der Waals surface area contributed by atoms with Crippen LogP contribution in [0.5, 0.6) is 0 Å². The highest BCUT2D eigenvalue weighted by Crippen LogP contribution is 2.27. The van der Waals surface area contributed by atoms with E-state index in [0.717, 1.165) is 37.4 Å². The maximum atomic E-state index is 12.7. The van der Waals surface area contributed by atoms with Crippen LogP contribution in [0.4, 0.5) is 29.0 Å². The van der Waals surface area contributed by atoms with E-state index in [4.69, 9.17) is 16.2 Å². The third-order valence-electron chi connectivity index (χ3n) is 5.49. The normalized spacial score (nSPS) is 14.4. The molecule has 12 nitrogen and oxygen atoms in total. The third-order valence-corrected chi connectivity index (χ3v) is 5.49. The topological polar surface area (TPSA) is 175 Å². The van der Waals surface area contributed by atoms with E-state index in [1.807, 2.05) is 18.2 Å². The van der Waals surface area contributed by atoms with Gasteiger partial charge in [0.2, 0.25) is 11.9 Å². The van der Waals surface area contributed by atoms with Crippen molar-refractivity contribution in [3.05, 3.63) is 42.4 Å². The summed E-state index contributed by atoms with van der Waals surface area (Å²) in [6.07, 6.45) is 3.40. The van der Waals surface area contributed by atoms with Gasteiger partial charge in [-0.2, -0.15) is 15.1 Å². The second kappa shape index (κ2) is 8.74. The Labute approximate surface area is 188 Å². The molecule has 0 spiro atoms. The van der Waals surface area contributed by atoms with E-state index in [1.54, 1.807) is 16.7 Å². The number of amides is 1. The zero-order valence-corrected chi connectivity index (χ0v) is 17.8. The molecule has 1 saturated heterocycles. The van der Waals surface area contributed by atoms with Crippen molar-refractivity contribution < 1.29 is 9.53 Å². The quantitative estimate of drug-likeness (QED) is 0.276. The SMILES string of the molecule is Nc1ccc(Nc2nc(N)nc3c2ncn3CC(=O)Nc2cc(C3CCOCC3)[nH]n2)cc1. The predicted molar refractivity (Wildman–Crippen MR) is 124 cm³/mol. The Balaban J connectivity index is 1.31. The van der Waals surface area contributed by atoms with Crippen molar-refractivity contribution in [2.75, 3.05) is 35.3 Å². The van der Waals surface area contributed by atoms with E-state index in [-0.39, 0.29) is 18.4 Å². The van der Waals surface area contributed by atoms with Crippen LogP contribution in [0.2, 0.25) is 0 Å². The zero-order valence-electron chi connectivity index (χ0n) is 17.8. The molecule has 170 valence electrons. The average Bonchev–Trinajstić information content (AvgIpc) is 3.43. The van der Waals surface area contributed by atoms with Crippen molar-refractivity contribution in [1.82, 2.24) is 29.7 Å². The van der Waals surface area contributed by atoms with E-state index in [1.165, 1.54) is 6.33 Å². The number of hydrogen-bond donors (Lipinski definition) is 5. The minimum absolute atomic E-state index is 0.00622. The number of aromatic amines is 1. The molecule has 0 radical (unpaired) electrons. The lowest BCUT2D eigenvalue weighted by Gasteiger charge is -2.20. The lowest BCUT2D eigenvalue weighted by Crippen LogP contribution is -2.19. The smallest absolute Gasteiger partial charge is 0.245 e. The zero-order chi connectivity index (χ0) is 22.8. The number of imidazole rings is 1. The average molecular weight is 448 g/mol. The number of nitrogen functional groups attached to an aromatic ring is 2. The molecule has 5 rings (SSSR count). The number of carbonyl (C=O) groups is 1. The summed E-state index contributed by atoms with van der Waals surface area (Å²) in [5.74, 6) is 1.09. The number of nitrogens with two attached hydrogens (primary N) is 2. The van der Waals surface area contributed by atoms with Gasteiger partial charge in [0.25, 0.3) is 0 Å². The minimum Gasteiger partial charge on any atom is -0.399 e. The molecule has 1 aliphatic rings. The number of H-pyrrole nitrogens is 1. The lowest BCUT2D eigenvalue weighted by atomic mass is 9.97. The number of ether oxygens (including phenoxy) is 1. The first-order valence-corrected chi connectivity index (χ1v) is 10.6. The van der Waals surface area contributed by atoms with Crippen molar-refractivity contribution in [3.63, 3.8) is 0 Å². The van der Waals surface area contributed by atoms with Crippen LogP contribution in [0.15, 0.2) is 36.7 Å². The number of benzene rings is 1. The van der Waals surface area contributed by atoms with Crippen LogP contribution in [-0.4, -0.2) is 48.8 Å².